The fourth-order valence-electron chi connectivity index (χ4n) is 2.68. The van der Waals surface area contributed by atoms with Gasteiger partial charge in [0, 0.05) is 6.20 Å². The van der Waals surface area contributed by atoms with Crippen molar-refractivity contribution in [3.05, 3.63) is 24.2 Å². The molecule has 0 radical (unpaired) electrons. The highest BCUT2D eigenvalue weighted by molar-refractivity contribution is 6.61. The minimum absolute atomic E-state index is 0.348. The predicted octanol–water partition coefficient (Wildman–Crippen LogP) is 2.73. The molecule has 0 saturated carbocycles. The third-order valence-corrected chi connectivity index (χ3v) is 4.77. The summed E-state index contributed by atoms with van der Waals surface area (Å²) in [5.74, 6) is 0. The van der Waals surface area contributed by atoms with E-state index in [1.54, 1.807) is 6.20 Å². The van der Waals surface area contributed by atoms with E-state index >= 15 is 0 Å². The average Bonchev–Trinajstić information content (AvgIpc) is 2.69. The van der Waals surface area contributed by atoms with E-state index in [1.807, 2.05) is 33.9 Å². The van der Waals surface area contributed by atoms with Crippen LogP contribution >= 0.6 is 0 Å². The third kappa shape index (κ3) is 2.77. The molecule has 1 saturated heterocycles. The molecule has 5 heteroatoms. The lowest BCUT2D eigenvalue weighted by Gasteiger charge is -2.32. The van der Waals surface area contributed by atoms with Gasteiger partial charge in [0.05, 0.1) is 28.7 Å². The Hall–Kier alpha value is -1.20. The molecule has 2 aliphatic rings. The first-order valence-electron chi connectivity index (χ1n) is 7.76. The number of hydrogen-bond donors (Lipinski definition) is 0. The van der Waals surface area contributed by atoms with Crippen molar-refractivity contribution in [2.45, 2.75) is 64.6 Å². The quantitative estimate of drug-likeness (QED) is 0.784. The highest BCUT2D eigenvalue weighted by Gasteiger charge is 2.52. The van der Waals surface area contributed by atoms with E-state index in [2.05, 4.69) is 11.1 Å². The van der Waals surface area contributed by atoms with Gasteiger partial charge in [-0.2, -0.15) is 0 Å². The second-order valence-corrected chi connectivity index (χ2v) is 6.89. The van der Waals surface area contributed by atoms with Crippen LogP contribution in [0.5, 0.6) is 0 Å². The second-order valence-electron chi connectivity index (χ2n) is 6.89. The maximum atomic E-state index is 6.05. The number of hydrogen-bond acceptors (Lipinski definition) is 4. The Labute approximate surface area is 127 Å². The lowest BCUT2D eigenvalue weighted by Crippen LogP contribution is -2.41. The highest BCUT2D eigenvalue weighted by atomic mass is 16.7. The minimum Gasteiger partial charge on any atom is -0.398 e. The number of aromatic nitrogens is 2. The first kappa shape index (κ1) is 14.7. The summed E-state index contributed by atoms with van der Waals surface area (Å²) >= 11 is 0. The van der Waals surface area contributed by atoms with E-state index in [-0.39, 0.29) is 11.2 Å². The van der Waals surface area contributed by atoms with Crippen LogP contribution in [0.3, 0.4) is 0 Å². The van der Waals surface area contributed by atoms with Gasteiger partial charge < -0.3 is 9.31 Å². The Morgan fingerprint density at radius 1 is 1.05 bits per heavy atom. The molecular formula is C16H23BN2O2. The van der Waals surface area contributed by atoms with Crippen molar-refractivity contribution in [3.8, 4) is 0 Å². The zero-order valence-electron chi connectivity index (χ0n) is 13.3. The van der Waals surface area contributed by atoms with Gasteiger partial charge in [-0.05, 0) is 59.0 Å². The van der Waals surface area contributed by atoms with Crippen LogP contribution in [0.25, 0.3) is 5.57 Å². The van der Waals surface area contributed by atoms with E-state index in [1.165, 1.54) is 18.4 Å². The largest absolute Gasteiger partial charge is 0.516 e. The van der Waals surface area contributed by atoms with Crippen molar-refractivity contribution in [2.75, 3.05) is 0 Å². The molecule has 0 bridgehead atoms. The Bertz CT molecular complexity index is 553. The van der Waals surface area contributed by atoms with Gasteiger partial charge >= 0.3 is 7.12 Å². The standard InChI is InChI=1S/C16H23BN2O2/c1-15(2)16(3,4)21-17(20-15)14-11-18-10-13(19-14)12-8-6-5-7-9-12/h8,10-11H,5-7,9H2,1-4H3. The van der Waals surface area contributed by atoms with Gasteiger partial charge in [-0.25, -0.2) is 0 Å². The van der Waals surface area contributed by atoms with Crippen LogP contribution in [0.2, 0.25) is 0 Å². The van der Waals surface area contributed by atoms with Gasteiger partial charge in [0.25, 0.3) is 0 Å². The molecule has 0 aromatic carbocycles. The van der Waals surface area contributed by atoms with Crippen LogP contribution in [0, 0.1) is 0 Å². The molecule has 0 spiro atoms. The zero-order chi connectivity index (χ0) is 15.1. The lowest BCUT2D eigenvalue weighted by atomic mass is 9.85. The number of nitrogens with zero attached hydrogens (tertiary/aromatic N) is 2. The molecule has 1 aliphatic heterocycles. The van der Waals surface area contributed by atoms with Crippen LogP contribution in [-0.4, -0.2) is 28.3 Å². The van der Waals surface area contributed by atoms with E-state index in [0.717, 1.165) is 24.1 Å². The lowest BCUT2D eigenvalue weighted by molar-refractivity contribution is 0.00578. The molecule has 1 fully saturated rings. The Morgan fingerprint density at radius 3 is 2.38 bits per heavy atom. The van der Waals surface area contributed by atoms with Crippen molar-refractivity contribution in [1.29, 1.82) is 0 Å². The summed E-state index contributed by atoms with van der Waals surface area (Å²) in [4.78, 5) is 9.07. The van der Waals surface area contributed by atoms with Crippen molar-refractivity contribution < 1.29 is 9.31 Å². The number of allylic oxidation sites excluding steroid dienone is 2. The normalized spacial score (nSPS) is 24.0. The molecule has 0 unspecified atom stereocenters. The summed E-state index contributed by atoms with van der Waals surface area (Å²) in [5.41, 5.74) is 2.32. The molecule has 4 nitrogen and oxygen atoms in total. The maximum absolute atomic E-state index is 6.05. The van der Waals surface area contributed by atoms with E-state index in [9.17, 15) is 0 Å². The minimum atomic E-state index is -0.438. The first-order valence-corrected chi connectivity index (χ1v) is 7.76. The topological polar surface area (TPSA) is 44.2 Å². The van der Waals surface area contributed by atoms with Gasteiger partial charge in [-0.15, -0.1) is 0 Å². The summed E-state index contributed by atoms with van der Waals surface area (Å²) in [5, 5.41) is 0. The van der Waals surface area contributed by atoms with Crippen molar-refractivity contribution in [2.24, 2.45) is 0 Å². The van der Waals surface area contributed by atoms with Gasteiger partial charge in [-0.3, -0.25) is 9.97 Å². The predicted molar refractivity (Wildman–Crippen MR) is 84.2 cm³/mol. The summed E-state index contributed by atoms with van der Waals surface area (Å²) in [6, 6.07) is 0. The van der Waals surface area contributed by atoms with Gasteiger partial charge in [-0.1, -0.05) is 6.08 Å². The third-order valence-electron chi connectivity index (χ3n) is 4.77. The molecule has 1 aliphatic carbocycles. The molecule has 21 heavy (non-hydrogen) atoms. The van der Waals surface area contributed by atoms with Crippen LogP contribution in [0.1, 0.15) is 59.1 Å². The van der Waals surface area contributed by atoms with Crippen LogP contribution < -0.4 is 5.59 Å². The van der Waals surface area contributed by atoms with Gasteiger partial charge in [0.15, 0.2) is 0 Å². The highest BCUT2D eigenvalue weighted by Crippen LogP contribution is 2.36. The maximum Gasteiger partial charge on any atom is 0.516 e. The number of rotatable bonds is 2. The SMILES string of the molecule is CC1(C)OB(c2cncc(C3=CCCCC3)n2)OC1(C)C. The zero-order valence-corrected chi connectivity index (χ0v) is 13.3. The molecule has 1 aromatic heterocycles. The Kier molecular flexibility index (Phi) is 3.66. The van der Waals surface area contributed by atoms with Crippen molar-refractivity contribution >= 4 is 18.3 Å². The smallest absolute Gasteiger partial charge is 0.398 e. The summed E-state index contributed by atoms with van der Waals surface area (Å²) in [7, 11) is -0.438. The fraction of sp³-hybridized carbons (Fsp3) is 0.625. The summed E-state index contributed by atoms with van der Waals surface area (Å²) in [6.45, 7) is 8.20. The molecular weight excluding hydrogens is 263 g/mol. The molecule has 2 heterocycles. The van der Waals surface area contributed by atoms with E-state index in [4.69, 9.17) is 14.3 Å². The molecule has 0 atom stereocenters. The molecule has 0 amide bonds. The molecule has 112 valence electrons. The van der Waals surface area contributed by atoms with Gasteiger partial charge in [0.1, 0.15) is 0 Å². The summed E-state index contributed by atoms with van der Waals surface area (Å²) < 4.78 is 12.1. The van der Waals surface area contributed by atoms with Gasteiger partial charge in [0.2, 0.25) is 0 Å². The van der Waals surface area contributed by atoms with Crippen molar-refractivity contribution in [1.82, 2.24) is 9.97 Å². The second kappa shape index (κ2) is 5.22. The molecule has 3 rings (SSSR count). The van der Waals surface area contributed by atoms with Crippen LogP contribution in [0.4, 0.5) is 0 Å². The van der Waals surface area contributed by atoms with Crippen molar-refractivity contribution in [3.63, 3.8) is 0 Å². The monoisotopic (exact) mass is 286 g/mol. The summed E-state index contributed by atoms with van der Waals surface area (Å²) in [6.07, 6.45) is 10.6. The first-order chi connectivity index (χ1) is 9.89. The van der Waals surface area contributed by atoms with Crippen LogP contribution in [0.15, 0.2) is 18.5 Å². The Balaban J connectivity index is 1.86. The van der Waals surface area contributed by atoms with Crippen LogP contribution in [-0.2, 0) is 9.31 Å². The average molecular weight is 286 g/mol. The van der Waals surface area contributed by atoms with E-state index < -0.39 is 7.12 Å². The Morgan fingerprint density at radius 2 is 1.76 bits per heavy atom. The van der Waals surface area contributed by atoms with E-state index in [0.29, 0.717) is 0 Å². The molecule has 0 N–H and O–H groups in total. The molecule has 1 aromatic rings. The fourth-order valence-corrected chi connectivity index (χ4v) is 2.68.